The number of amides is 2. The Morgan fingerprint density at radius 3 is 2.27 bits per heavy atom. The molecule has 0 aromatic heterocycles. The van der Waals surface area contributed by atoms with Gasteiger partial charge in [-0.15, -0.1) is 0 Å². The number of sulfonamides is 1. The molecule has 0 bridgehead atoms. The number of carbonyl (C=O) groups is 2. The number of anilines is 1. The number of carbonyl (C=O) groups excluding carboxylic acids is 2. The van der Waals surface area contributed by atoms with Gasteiger partial charge < -0.3 is 10.2 Å². The summed E-state index contributed by atoms with van der Waals surface area (Å²) in [5.74, 6) is -0.716. The monoisotopic (exact) mass is 595 g/mol. The fraction of sp³-hybridized carbons (Fsp3) is 0.375. The van der Waals surface area contributed by atoms with Gasteiger partial charge in [-0.2, -0.15) is 0 Å². The van der Waals surface area contributed by atoms with Gasteiger partial charge in [-0.3, -0.25) is 13.9 Å². The summed E-state index contributed by atoms with van der Waals surface area (Å²) in [6, 6.07) is 21.3. The van der Waals surface area contributed by atoms with Crippen molar-refractivity contribution in [2.24, 2.45) is 0 Å². The number of rotatable bonds is 11. The highest BCUT2D eigenvalue weighted by Gasteiger charge is 2.34. The summed E-state index contributed by atoms with van der Waals surface area (Å²) < 4.78 is 27.2. The highest BCUT2D eigenvalue weighted by molar-refractivity contribution is 7.92. The Bertz CT molecular complexity index is 1470. The zero-order valence-electron chi connectivity index (χ0n) is 23.8. The maximum atomic E-state index is 14.2. The molecular weight excluding hydrogens is 558 g/mol. The van der Waals surface area contributed by atoms with Gasteiger partial charge in [-0.25, -0.2) is 8.42 Å². The molecule has 2 amide bonds. The molecule has 1 fully saturated rings. The normalized spacial score (nSPS) is 14.4. The first kappa shape index (κ1) is 30.6. The summed E-state index contributed by atoms with van der Waals surface area (Å²) in [7, 11) is -3.82. The van der Waals surface area contributed by atoms with Crippen molar-refractivity contribution in [3.8, 4) is 0 Å². The molecule has 0 radical (unpaired) electrons. The third-order valence-corrected chi connectivity index (χ3v) is 8.88. The van der Waals surface area contributed by atoms with Crippen LogP contribution in [0.2, 0.25) is 5.02 Å². The second kappa shape index (κ2) is 13.5. The van der Waals surface area contributed by atoms with Crippen molar-refractivity contribution in [3.63, 3.8) is 0 Å². The number of hydrogen-bond acceptors (Lipinski definition) is 4. The summed E-state index contributed by atoms with van der Waals surface area (Å²) >= 11 is 6.28. The maximum Gasteiger partial charge on any atom is 0.244 e. The quantitative estimate of drug-likeness (QED) is 0.321. The predicted molar refractivity (Wildman–Crippen MR) is 164 cm³/mol. The zero-order chi connectivity index (χ0) is 29.6. The van der Waals surface area contributed by atoms with E-state index >= 15 is 0 Å². The van der Waals surface area contributed by atoms with Crippen LogP contribution in [0.1, 0.15) is 47.9 Å². The first-order chi connectivity index (χ1) is 19.5. The molecule has 1 N–H and O–H groups in total. The number of benzene rings is 3. The van der Waals surface area contributed by atoms with E-state index in [2.05, 4.69) is 5.32 Å². The highest BCUT2D eigenvalue weighted by Crippen LogP contribution is 2.25. The standard InChI is InChI=1S/C32H38ClN3O4S/c1-23-16-17-29(24(2)18-23)36(41(3,39)40)22-31(37)35(21-26-12-9-13-27(33)19-26)30(20-25-10-5-4-6-11-25)32(38)34-28-14-7-8-15-28/h4-6,9-13,16-19,28,30H,7-8,14-15,20-22H2,1-3H3,(H,34,38). The Labute approximate surface area is 248 Å². The van der Waals surface area contributed by atoms with Gasteiger partial charge in [0.15, 0.2) is 0 Å². The Morgan fingerprint density at radius 2 is 1.63 bits per heavy atom. The molecule has 4 rings (SSSR count). The van der Waals surface area contributed by atoms with Gasteiger partial charge in [0.05, 0.1) is 11.9 Å². The van der Waals surface area contributed by atoms with Crippen LogP contribution in [0.4, 0.5) is 5.69 Å². The minimum Gasteiger partial charge on any atom is -0.352 e. The Morgan fingerprint density at radius 1 is 0.951 bits per heavy atom. The van der Waals surface area contributed by atoms with Crippen LogP contribution in [0, 0.1) is 13.8 Å². The molecule has 0 spiro atoms. The summed E-state index contributed by atoms with van der Waals surface area (Å²) in [5.41, 5.74) is 3.81. The van der Waals surface area contributed by atoms with Crippen molar-refractivity contribution < 1.29 is 18.0 Å². The lowest BCUT2D eigenvalue weighted by Gasteiger charge is -2.34. The number of aryl methyl sites for hydroxylation is 2. The molecule has 9 heteroatoms. The fourth-order valence-electron chi connectivity index (χ4n) is 5.43. The maximum absolute atomic E-state index is 14.2. The first-order valence-electron chi connectivity index (χ1n) is 13.9. The molecule has 3 aromatic carbocycles. The lowest BCUT2D eigenvalue weighted by Crippen LogP contribution is -2.54. The van der Waals surface area contributed by atoms with E-state index in [9.17, 15) is 18.0 Å². The van der Waals surface area contributed by atoms with Gasteiger partial charge in [-0.1, -0.05) is 84.6 Å². The summed E-state index contributed by atoms with van der Waals surface area (Å²) in [5, 5.41) is 3.68. The Balaban J connectivity index is 1.74. The van der Waals surface area contributed by atoms with Gasteiger partial charge in [0, 0.05) is 24.0 Å². The minimum absolute atomic E-state index is 0.0617. The largest absolute Gasteiger partial charge is 0.352 e. The third kappa shape index (κ3) is 8.33. The molecule has 0 heterocycles. The summed E-state index contributed by atoms with van der Waals surface area (Å²) in [6.45, 7) is 3.41. The molecule has 1 unspecified atom stereocenters. The molecular formula is C32H38ClN3O4S. The van der Waals surface area contributed by atoms with Gasteiger partial charge in [0.1, 0.15) is 12.6 Å². The van der Waals surface area contributed by atoms with Gasteiger partial charge in [-0.05, 0) is 61.6 Å². The highest BCUT2D eigenvalue weighted by atomic mass is 35.5. The van der Waals surface area contributed by atoms with Crippen molar-refractivity contribution in [3.05, 3.63) is 100 Å². The van der Waals surface area contributed by atoms with Crippen molar-refractivity contribution in [1.29, 1.82) is 0 Å². The van der Waals surface area contributed by atoms with Crippen molar-refractivity contribution in [2.75, 3.05) is 17.1 Å². The molecule has 0 aliphatic heterocycles. The second-order valence-electron chi connectivity index (χ2n) is 10.9. The number of nitrogens with one attached hydrogen (secondary N) is 1. The van der Waals surface area contributed by atoms with E-state index in [1.165, 1.54) is 4.90 Å². The van der Waals surface area contributed by atoms with Crippen LogP contribution < -0.4 is 9.62 Å². The number of hydrogen-bond donors (Lipinski definition) is 1. The van der Waals surface area contributed by atoms with E-state index in [0.29, 0.717) is 10.7 Å². The molecule has 3 aromatic rings. The van der Waals surface area contributed by atoms with Gasteiger partial charge >= 0.3 is 0 Å². The molecule has 1 aliphatic carbocycles. The summed E-state index contributed by atoms with van der Waals surface area (Å²) in [6.07, 6.45) is 5.29. The number of nitrogens with zero attached hydrogens (tertiary/aromatic N) is 2. The lowest BCUT2D eigenvalue weighted by atomic mass is 10.0. The van der Waals surface area contributed by atoms with Gasteiger partial charge in [0.2, 0.25) is 21.8 Å². The Hall–Kier alpha value is -3.36. The molecule has 1 atom stereocenters. The SMILES string of the molecule is Cc1ccc(N(CC(=O)N(Cc2cccc(Cl)c2)C(Cc2ccccc2)C(=O)NC2CCCC2)S(C)(=O)=O)c(C)c1. The summed E-state index contributed by atoms with van der Waals surface area (Å²) in [4.78, 5) is 29.6. The molecule has 41 heavy (non-hydrogen) atoms. The fourth-order valence-corrected chi connectivity index (χ4v) is 6.55. The van der Waals surface area contributed by atoms with Crippen LogP contribution in [0.5, 0.6) is 0 Å². The lowest BCUT2D eigenvalue weighted by molar-refractivity contribution is -0.140. The number of halogens is 1. The predicted octanol–water partition coefficient (Wildman–Crippen LogP) is 5.42. The average molecular weight is 596 g/mol. The van der Waals surface area contributed by atoms with Crippen molar-refractivity contribution in [2.45, 2.75) is 64.6 Å². The molecule has 7 nitrogen and oxygen atoms in total. The van der Waals surface area contributed by atoms with Crippen LogP contribution in [-0.2, 0) is 32.6 Å². The van der Waals surface area contributed by atoms with E-state index < -0.39 is 28.5 Å². The minimum atomic E-state index is -3.82. The Kier molecular flexibility index (Phi) is 10.1. The van der Waals surface area contributed by atoms with Crippen molar-refractivity contribution >= 4 is 39.1 Å². The molecule has 0 saturated heterocycles. The van der Waals surface area contributed by atoms with Crippen molar-refractivity contribution in [1.82, 2.24) is 10.2 Å². The van der Waals surface area contributed by atoms with E-state index in [1.807, 2.05) is 62.4 Å². The molecule has 1 aliphatic rings. The van der Waals surface area contributed by atoms with Crippen LogP contribution in [0.25, 0.3) is 0 Å². The van der Waals surface area contributed by atoms with E-state index in [0.717, 1.165) is 58.5 Å². The molecule has 1 saturated carbocycles. The van der Waals surface area contributed by atoms with E-state index in [4.69, 9.17) is 11.6 Å². The topological polar surface area (TPSA) is 86.8 Å². The van der Waals surface area contributed by atoms with Crippen LogP contribution >= 0.6 is 11.6 Å². The molecule has 218 valence electrons. The zero-order valence-corrected chi connectivity index (χ0v) is 25.4. The van der Waals surface area contributed by atoms with Gasteiger partial charge in [0.25, 0.3) is 0 Å². The third-order valence-electron chi connectivity index (χ3n) is 7.51. The van der Waals surface area contributed by atoms with Crippen LogP contribution in [0.15, 0.2) is 72.8 Å². The van der Waals surface area contributed by atoms with Crippen LogP contribution in [-0.4, -0.2) is 50.0 Å². The van der Waals surface area contributed by atoms with E-state index in [-0.39, 0.29) is 24.9 Å². The van der Waals surface area contributed by atoms with E-state index in [1.54, 1.807) is 24.3 Å². The average Bonchev–Trinajstić information content (AvgIpc) is 3.42. The van der Waals surface area contributed by atoms with Crippen LogP contribution in [0.3, 0.4) is 0 Å². The second-order valence-corrected chi connectivity index (χ2v) is 13.2. The smallest absolute Gasteiger partial charge is 0.244 e. The first-order valence-corrected chi connectivity index (χ1v) is 16.2.